The van der Waals surface area contributed by atoms with E-state index >= 15 is 0 Å². The van der Waals surface area contributed by atoms with E-state index in [1.165, 1.54) is 10.4 Å². The van der Waals surface area contributed by atoms with Gasteiger partial charge in [-0.3, -0.25) is 0 Å². The van der Waals surface area contributed by atoms with Gasteiger partial charge in [-0.05, 0) is 23.9 Å². The molecule has 2 aromatic heterocycles. The highest BCUT2D eigenvalue weighted by Gasteiger charge is 2.23. The molecule has 0 radical (unpaired) electrons. The lowest BCUT2D eigenvalue weighted by atomic mass is 10.1. The molecule has 0 saturated carbocycles. The van der Waals surface area contributed by atoms with E-state index < -0.39 is 5.60 Å². The van der Waals surface area contributed by atoms with Crippen molar-refractivity contribution in [1.82, 2.24) is 10.3 Å². The Kier molecular flexibility index (Phi) is 4.69. The molecule has 0 aliphatic heterocycles. The maximum atomic E-state index is 10.5. The van der Waals surface area contributed by atoms with Crippen LogP contribution in [0.1, 0.15) is 16.8 Å². The van der Waals surface area contributed by atoms with Crippen molar-refractivity contribution in [2.75, 3.05) is 6.54 Å². The number of aliphatic hydroxyl groups is 1. The van der Waals surface area contributed by atoms with Crippen molar-refractivity contribution < 1.29 is 5.11 Å². The third-order valence-electron chi connectivity index (χ3n) is 3.41. The van der Waals surface area contributed by atoms with E-state index in [2.05, 4.69) is 22.4 Å². The number of hydrogen-bond donors (Lipinski definition) is 2. The lowest BCUT2D eigenvalue weighted by Gasteiger charge is -2.22. The second-order valence-corrected chi connectivity index (χ2v) is 7.40. The lowest BCUT2D eigenvalue weighted by Crippen LogP contribution is -2.34. The van der Waals surface area contributed by atoms with E-state index in [0.717, 1.165) is 9.88 Å². The first-order chi connectivity index (χ1) is 10.6. The molecular weight excluding hydrogens is 312 g/mol. The Hall–Kier alpha value is -1.53. The van der Waals surface area contributed by atoms with Gasteiger partial charge in [0.15, 0.2) is 0 Å². The van der Waals surface area contributed by atoms with Gasteiger partial charge in [-0.25, -0.2) is 4.98 Å². The van der Waals surface area contributed by atoms with Crippen LogP contribution in [0.2, 0.25) is 0 Å². The number of aromatic nitrogens is 1. The Labute approximate surface area is 138 Å². The average molecular weight is 330 g/mol. The summed E-state index contributed by atoms with van der Waals surface area (Å²) in [7, 11) is 0. The summed E-state index contributed by atoms with van der Waals surface area (Å²) in [6.45, 7) is 3.01. The van der Waals surface area contributed by atoms with Crippen LogP contribution in [0, 0.1) is 0 Å². The number of thiazole rings is 1. The zero-order chi connectivity index (χ0) is 15.4. The predicted octanol–water partition coefficient (Wildman–Crippen LogP) is 3.87. The van der Waals surface area contributed by atoms with Crippen LogP contribution in [0.3, 0.4) is 0 Å². The van der Waals surface area contributed by atoms with Gasteiger partial charge in [0.05, 0.1) is 4.88 Å². The number of hydrogen-bond acceptors (Lipinski definition) is 5. The van der Waals surface area contributed by atoms with Crippen LogP contribution in [0.5, 0.6) is 0 Å². The summed E-state index contributed by atoms with van der Waals surface area (Å²) in [6.07, 6.45) is 1.91. The van der Waals surface area contributed by atoms with E-state index in [4.69, 9.17) is 0 Å². The first-order valence-corrected chi connectivity index (χ1v) is 8.82. The summed E-state index contributed by atoms with van der Waals surface area (Å²) in [5.74, 6) is 0. The average Bonchev–Trinajstić information content (AvgIpc) is 3.20. The summed E-state index contributed by atoms with van der Waals surface area (Å²) in [5.41, 5.74) is 0.352. The molecule has 0 aliphatic rings. The highest BCUT2D eigenvalue weighted by molar-refractivity contribution is 7.15. The smallest absolute Gasteiger partial charge is 0.108 e. The highest BCUT2D eigenvalue weighted by Crippen LogP contribution is 2.27. The topological polar surface area (TPSA) is 45.1 Å². The maximum absolute atomic E-state index is 10.5. The van der Waals surface area contributed by atoms with Gasteiger partial charge in [-0.2, -0.15) is 0 Å². The van der Waals surface area contributed by atoms with Crippen LogP contribution in [0.4, 0.5) is 0 Å². The SMILES string of the molecule is CC(O)(CNCc1ncc(-c2ccccc2)s1)c1cccs1. The lowest BCUT2D eigenvalue weighted by molar-refractivity contribution is 0.0604. The van der Waals surface area contributed by atoms with E-state index in [9.17, 15) is 5.11 Å². The molecular formula is C17H18N2OS2. The molecule has 3 aromatic rings. The maximum Gasteiger partial charge on any atom is 0.108 e. The Morgan fingerprint density at radius 3 is 2.73 bits per heavy atom. The standard InChI is InChI=1S/C17H18N2OS2/c1-17(20,15-8-5-9-21-15)12-18-11-16-19-10-14(22-16)13-6-3-2-4-7-13/h2-10,18,20H,11-12H2,1H3. The molecule has 1 atom stereocenters. The molecule has 0 spiro atoms. The quantitative estimate of drug-likeness (QED) is 0.721. The molecule has 0 bridgehead atoms. The summed E-state index contributed by atoms with van der Waals surface area (Å²) < 4.78 is 0. The normalized spacial score (nSPS) is 13.9. The highest BCUT2D eigenvalue weighted by atomic mass is 32.1. The monoisotopic (exact) mass is 330 g/mol. The van der Waals surface area contributed by atoms with Gasteiger partial charge < -0.3 is 10.4 Å². The molecule has 0 saturated heterocycles. The van der Waals surface area contributed by atoms with E-state index in [0.29, 0.717) is 13.1 Å². The molecule has 114 valence electrons. The second-order valence-electron chi connectivity index (χ2n) is 5.34. The molecule has 5 heteroatoms. The van der Waals surface area contributed by atoms with Crippen LogP contribution in [-0.4, -0.2) is 16.6 Å². The molecule has 1 aromatic carbocycles. The second kappa shape index (κ2) is 6.71. The summed E-state index contributed by atoms with van der Waals surface area (Å²) in [5, 5.41) is 16.8. The van der Waals surface area contributed by atoms with Gasteiger partial charge >= 0.3 is 0 Å². The summed E-state index contributed by atoms with van der Waals surface area (Å²) in [6, 6.07) is 14.2. The molecule has 3 nitrogen and oxygen atoms in total. The van der Waals surface area contributed by atoms with Crippen molar-refractivity contribution in [1.29, 1.82) is 0 Å². The van der Waals surface area contributed by atoms with Crippen molar-refractivity contribution in [2.45, 2.75) is 19.1 Å². The Morgan fingerprint density at radius 1 is 1.18 bits per heavy atom. The molecule has 2 N–H and O–H groups in total. The number of nitrogens with zero attached hydrogens (tertiary/aromatic N) is 1. The van der Waals surface area contributed by atoms with Crippen molar-refractivity contribution in [3.63, 3.8) is 0 Å². The third-order valence-corrected chi connectivity index (χ3v) is 5.58. The molecule has 2 heterocycles. The van der Waals surface area contributed by atoms with Gasteiger partial charge in [0.2, 0.25) is 0 Å². The van der Waals surface area contributed by atoms with Crippen LogP contribution >= 0.6 is 22.7 Å². The molecule has 3 rings (SSSR count). The van der Waals surface area contributed by atoms with Crippen molar-refractivity contribution in [2.24, 2.45) is 0 Å². The van der Waals surface area contributed by atoms with Gasteiger partial charge in [-0.1, -0.05) is 36.4 Å². The minimum absolute atomic E-state index is 0.508. The minimum atomic E-state index is -0.840. The molecule has 0 aliphatic carbocycles. The largest absolute Gasteiger partial charge is 0.383 e. The summed E-state index contributed by atoms with van der Waals surface area (Å²) in [4.78, 5) is 6.60. The van der Waals surface area contributed by atoms with Gasteiger partial charge in [0.1, 0.15) is 10.6 Å². The number of rotatable bonds is 6. The fourth-order valence-electron chi connectivity index (χ4n) is 2.21. The molecule has 0 amide bonds. The summed E-state index contributed by atoms with van der Waals surface area (Å²) >= 11 is 3.26. The number of nitrogens with one attached hydrogen (secondary N) is 1. The van der Waals surface area contributed by atoms with E-state index in [1.54, 1.807) is 22.7 Å². The molecule has 0 fully saturated rings. The van der Waals surface area contributed by atoms with Crippen LogP contribution in [0.25, 0.3) is 10.4 Å². The number of benzene rings is 1. The fraction of sp³-hybridized carbons (Fsp3) is 0.235. The van der Waals surface area contributed by atoms with Gasteiger partial charge in [-0.15, -0.1) is 22.7 Å². The van der Waals surface area contributed by atoms with Crippen LogP contribution in [-0.2, 0) is 12.1 Å². The molecule has 1 unspecified atom stereocenters. The molecule has 22 heavy (non-hydrogen) atoms. The number of thiophene rings is 1. The van der Waals surface area contributed by atoms with Gasteiger partial charge in [0, 0.05) is 24.2 Å². The zero-order valence-corrected chi connectivity index (χ0v) is 14.0. The van der Waals surface area contributed by atoms with Crippen molar-refractivity contribution in [3.8, 4) is 10.4 Å². The third kappa shape index (κ3) is 3.62. The first-order valence-electron chi connectivity index (χ1n) is 7.12. The Balaban J connectivity index is 1.58. The van der Waals surface area contributed by atoms with Crippen LogP contribution in [0.15, 0.2) is 54.0 Å². The van der Waals surface area contributed by atoms with Crippen LogP contribution < -0.4 is 5.32 Å². The first kappa shape index (κ1) is 15.4. The fourth-order valence-corrected chi connectivity index (χ4v) is 3.89. The van der Waals surface area contributed by atoms with E-state index in [1.807, 2.05) is 48.8 Å². The predicted molar refractivity (Wildman–Crippen MR) is 93.1 cm³/mol. The van der Waals surface area contributed by atoms with Crippen molar-refractivity contribution >= 4 is 22.7 Å². The Bertz CT molecular complexity index is 705. The van der Waals surface area contributed by atoms with Crippen molar-refractivity contribution in [3.05, 3.63) is 63.9 Å². The minimum Gasteiger partial charge on any atom is -0.383 e. The van der Waals surface area contributed by atoms with E-state index in [-0.39, 0.29) is 0 Å². The van der Waals surface area contributed by atoms with Gasteiger partial charge in [0.25, 0.3) is 0 Å². The zero-order valence-electron chi connectivity index (χ0n) is 12.3. The Morgan fingerprint density at radius 2 is 2.00 bits per heavy atom.